The van der Waals surface area contributed by atoms with Crippen molar-refractivity contribution in [2.24, 2.45) is 0 Å². The molecule has 0 fully saturated rings. The van der Waals surface area contributed by atoms with E-state index in [-0.39, 0.29) is 27.2 Å². The number of carbonyl (C=O) groups excluding carboxylic acids is 1. The number of halogens is 4. The molecule has 2 rings (SSSR count). The molecule has 1 heterocycles. The van der Waals surface area contributed by atoms with Crippen LogP contribution in [0.4, 0.5) is 14.5 Å². The molecule has 1 aromatic heterocycles. The molecule has 1 aromatic carbocycles. The summed E-state index contributed by atoms with van der Waals surface area (Å²) in [6.07, 6.45) is 0. The summed E-state index contributed by atoms with van der Waals surface area (Å²) in [6, 6.07) is 2.52. The second-order valence-electron chi connectivity index (χ2n) is 3.48. The zero-order valence-corrected chi connectivity index (χ0v) is 11.9. The minimum Gasteiger partial charge on any atom is -0.432 e. The van der Waals surface area contributed by atoms with Crippen LogP contribution >= 0.6 is 34.5 Å². The van der Waals surface area contributed by atoms with Gasteiger partial charge in [-0.15, -0.1) is 11.3 Å². The predicted octanol–water partition coefficient (Wildman–Crippen LogP) is 4.30. The molecule has 4 nitrogen and oxygen atoms in total. The van der Waals surface area contributed by atoms with Crippen molar-refractivity contribution < 1.29 is 18.3 Å². The second-order valence-corrected chi connectivity index (χ2v) is 5.01. The monoisotopic (exact) mass is 338 g/mol. The second kappa shape index (κ2) is 6.34. The summed E-state index contributed by atoms with van der Waals surface area (Å²) in [7, 11) is 0. The fraction of sp³-hybridized carbons (Fsp3) is 0.0909. The average molecular weight is 339 g/mol. The van der Waals surface area contributed by atoms with Crippen molar-refractivity contribution in [3.8, 4) is 5.75 Å². The van der Waals surface area contributed by atoms with Crippen LogP contribution in [0.5, 0.6) is 5.75 Å². The van der Waals surface area contributed by atoms with Crippen LogP contribution < -0.4 is 10.1 Å². The van der Waals surface area contributed by atoms with E-state index < -0.39 is 12.5 Å². The van der Waals surface area contributed by atoms with Crippen LogP contribution in [0.3, 0.4) is 0 Å². The minimum atomic E-state index is -3.04. The molecule has 1 amide bonds. The Hall–Kier alpha value is -1.44. The van der Waals surface area contributed by atoms with Gasteiger partial charge in [-0.3, -0.25) is 4.79 Å². The minimum absolute atomic E-state index is 0.133. The number of aromatic nitrogens is 1. The first-order chi connectivity index (χ1) is 9.47. The molecule has 0 unspecified atom stereocenters. The quantitative estimate of drug-likeness (QED) is 0.903. The van der Waals surface area contributed by atoms with Crippen LogP contribution in [0.2, 0.25) is 10.0 Å². The van der Waals surface area contributed by atoms with Crippen molar-refractivity contribution in [3.05, 3.63) is 38.8 Å². The van der Waals surface area contributed by atoms with Gasteiger partial charge in [-0.05, 0) is 12.1 Å². The first-order valence-electron chi connectivity index (χ1n) is 5.10. The Morgan fingerprint density at radius 3 is 2.50 bits per heavy atom. The van der Waals surface area contributed by atoms with Gasteiger partial charge in [0.05, 0.1) is 15.6 Å². The number of alkyl halides is 2. The Morgan fingerprint density at radius 2 is 2.00 bits per heavy atom. The normalized spacial score (nSPS) is 10.7. The molecule has 0 radical (unpaired) electrons. The van der Waals surface area contributed by atoms with Crippen molar-refractivity contribution in [2.45, 2.75) is 6.61 Å². The highest BCUT2D eigenvalue weighted by atomic mass is 35.5. The highest BCUT2D eigenvalue weighted by molar-refractivity contribution is 7.07. The summed E-state index contributed by atoms with van der Waals surface area (Å²) < 4.78 is 28.5. The smallest absolute Gasteiger partial charge is 0.387 e. The van der Waals surface area contributed by atoms with Gasteiger partial charge in [0.1, 0.15) is 5.69 Å². The third-order valence-electron chi connectivity index (χ3n) is 2.13. The van der Waals surface area contributed by atoms with E-state index in [1.165, 1.54) is 29.0 Å². The highest BCUT2D eigenvalue weighted by Crippen LogP contribution is 2.37. The number of hydrogen-bond donors (Lipinski definition) is 1. The first kappa shape index (κ1) is 15.0. The van der Waals surface area contributed by atoms with E-state index in [2.05, 4.69) is 15.0 Å². The number of nitrogens with one attached hydrogen (secondary N) is 1. The molecular formula is C11H6Cl2F2N2O2S. The number of benzene rings is 1. The van der Waals surface area contributed by atoms with Crippen LogP contribution in [0, 0.1) is 0 Å². The van der Waals surface area contributed by atoms with Crippen LogP contribution in [0.1, 0.15) is 10.5 Å². The molecule has 1 N–H and O–H groups in total. The van der Waals surface area contributed by atoms with Crippen molar-refractivity contribution in [1.82, 2.24) is 4.98 Å². The SMILES string of the molecule is O=C(Nc1cc(Cl)c(OC(F)F)c(Cl)c1)c1cscn1. The predicted molar refractivity (Wildman–Crippen MR) is 73.2 cm³/mol. The number of carbonyl (C=O) groups is 1. The van der Waals surface area contributed by atoms with Gasteiger partial charge in [-0.25, -0.2) is 4.98 Å². The van der Waals surface area contributed by atoms with Crippen LogP contribution in [0.15, 0.2) is 23.0 Å². The van der Waals surface area contributed by atoms with Crippen molar-refractivity contribution in [2.75, 3.05) is 5.32 Å². The van der Waals surface area contributed by atoms with Gasteiger partial charge in [0, 0.05) is 11.1 Å². The lowest BCUT2D eigenvalue weighted by molar-refractivity contribution is -0.0497. The number of hydrogen-bond acceptors (Lipinski definition) is 4. The topological polar surface area (TPSA) is 51.2 Å². The zero-order chi connectivity index (χ0) is 14.7. The van der Waals surface area contributed by atoms with Gasteiger partial charge in [0.2, 0.25) is 0 Å². The first-order valence-corrected chi connectivity index (χ1v) is 6.80. The third-order valence-corrected chi connectivity index (χ3v) is 3.28. The molecule has 0 aliphatic heterocycles. The standard InChI is InChI=1S/C11H6Cl2F2N2O2S/c12-6-1-5(2-7(13)9(6)19-11(14)15)17-10(18)8-3-20-4-16-8/h1-4,11H,(H,17,18). The molecule has 0 bridgehead atoms. The molecule has 0 aliphatic rings. The maximum Gasteiger partial charge on any atom is 0.387 e. The lowest BCUT2D eigenvalue weighted by Gasteiger charge is -2.11. The molecule has 9 heteroatoms. The van der Waals surface area contributed by atoms with Crippen LogP contribution in [-0.2, 0) is 0 Å². The summed E-state index contributed by atoms with van der Waals surface area (Å²) in [5.41, 5.74) is 1.99. The van der Waals surface area contributed by atoms with Crippen LogP contribution in [0.25, 0.3) is 0 Å². The number of rotatable bonds is 4. The van der Waals surface area contributed by atoms with Crippen molar-refractivity contribution >= 4 is 46.1 Å². The number of amides is 1. The van der Waals surface area contributed by atoms with E-state index in [9.17, 15) is 13.6 Å². The Kier molecular flexibility index (Phi) is 4.74. The Morgan fingerprint density at radius 1 is 1.35 bits per heavy atom. The van der Waals surface area contributed by atoms with Crippen molar-refractivity contribution in [1.29, 1.82) is 0 Å². The molecule has 0 saturated carbocycles. The van der Waals surface area contributed by atoms with E-state index in [0.29, 0.717) is 0 Å². The number of anilines is 1. The van der Waals surface area contributed by atoms with Gasteiger partial charge in [-0.1, -0.05) is 23.2 Å². The van der Waals surface area contributed by atoms with Crippen molar-refractivity contribution in [3.63, 3.8) is 0 Å². The van der Waals surface area contributed by atoms with Crippen LogP contribution in [-0.4, -0.2) is 17.5 Å². The summed E-state index contributed by atoms with van der Waals surface area (Å²) in [4.78, 5) is 15.6. The van der Waals surface area contributed by atoms with E-state index >= 15 is 0 Å². The largest absolute Gasteiger partial charge is 0.432 e. The van der Waals surface area contributed by atoms with Gasteiger partial charge < -0.3 is 10.1 Å². The molecule has 0 atom stereocenters. The van der Waals surface area contributed by atoms with Gasteiger partial charge in [-0.2, -0.15) is 8.78 Å². The fourth-order valence-corrected chi connectivity index (χ4v) is 2.46. The number of thiazole rings is 1. The zero-order valence-electron chi connectivity index (χ0n) is 9.57. The molecule has 2 aromatic rings. The Balaban J connectivity index is 2.20. The van der Waals surface area contributed by atoms with E-state index in [1.54, 1.807) is 5.38 Å². The Labute approximate surface area is 126 Å². The molecule has 0 aliphatic carbocycles. The molecular weight excluding hydrogens is 333 g/mol. The number of nitrogens with zero attached hydrogens (tertiary/aromatic N) is 1. The van der Waals surface area contributed by atoms with Gasteiger partial charge >= 0.3 is 6.61 Å². The third kappa shape index (κ3) is 3.56. The highest BCUT2D eigenvalue weighted by Gasteiger charge is 2.16. The molecule has 0 spiro atoms. The fourth-order valence-electron chi connectivity index (χ4n) is 1.35. The molecule has 106 valence electrons. The summed E-state index contributed by atoms with van der Waals surface area (Å²) in [6.45, 7) is -3.04. The van der Waals surface area contributed by atoms with E-state index in [0.717, 1.165) is 0 Å². The molecule has 0 saturated heterocycles. The maximum absolute atomic E-state index is 12.2. The lowest BCUT2D eigenvalue weighted by Crippen LogP contribution is -2.12. The number of ether oxygens (including phenoxy) is 1. The summed E-state index contributed by atoms with van der Waals surface area (Å²) in [5.74, 6) is -0.795. The Bertz CT molecular complexity index is 600. The average Bonchev–Trinajstić information content (AvgIpc) is 2.87. The van der Waals surface area contributed by atoms with Gasteiger partial charge in [0.15, 0.2) is 5.75 Å². The van der Waals surface area contributed by atoms with E-state index in [1.807, 2.05) is 0 Å². The summed E-state index contributed by atoms with van der Waals surface area (Å²) in [5, 5.41) is 3.80. The maximum atomic E-state index is 12.2. The summed E-state index contributed by atoms with van der Waals surface area (Å²) >= 11 is 12.8. The van der Waals surface area contributed by atoms with E-state index in [4.69, 9.17) is 23.2 Å². The lowest BCUT2D eigenvalue weighted by atomic mass is 10.3. The van der Waals surface area contributed by atoms with Gasteiger partial charge in [0.25, 0.3) is 5.91 Å². The molecule has 20 heavy (non-hydrogen) atoms.